The van der Waals surface area contributed by atoms with Crippen molar-refractivity contribution in [3.05, 3.63) is 24.3 Å². The van der Waals surface area contributed by atoms with Gasteiger partial charge < -0.3 is 10.5 Å². The molecule has 1 heterocycles. The van der Waals surface area contributed by atoms with E-state index in [1.54, 1.807) is 24.3 Å². The average Bonchev–Trinajstić information content (AvgIpc) is 2.42. The summed E-state index contributed by atoms with van der Waals surface area (Å²) in [6.45, 7) is 0.967. The maximum Gasteiger partial charge on any atom is 0.239 e. The third-order valence-electron chi connectivity index (χ3n) is 2.77. The number of ether oxygens (including phenoxy) is 1. The summed E-state index contributed by atoms with van der Waals surface area (Å²) in [5.74, 6) is 0.501. The summed E-state index contributed by atoms with van der Waals surface area (Å²) in [4.78, 5) is 5.13. The van der Waals surface area contributed by atoms with Gasteiger partial charge in [-0.15, -0.1) is 0 Å². The second-order valence-corrected chi connectivity index (χ2v) is 6.28. The Kier molecular flexibility index (Phi) is 4.62. The minimum Gasteiger partial charge on any atom is -0.492 e. The predicted molar refractivity (Wildman–Crippen MR) is 72.0 cm³/mol. The first kappa shape index (κ1) is 14.1. The molecule has 0 unspecified atom stereocenters. The fourth-order valence-electron chi connectivity index (χ4n) is 1.72. The molecular weight excluding hydrogens is 268 g/mol. The molecule has 0 radical (unpaired) electrons. The van der Waals surface area contributed by atoms with Crippen LogP contribution < -0.4 is 10.5 Å². The fourth-order valence-corrected chi connectivity index (χ4v) is 2.86. The highest BCUT2D eigenvalue weighted by molar-refractivity contribution is 7.88. The highest BCUT2D eigenvalue weighted by Crippen LogP contribution is 2.14. The van der Waals surface area contributed by atoms with Crippen molar-refractivity contribution in [1.29, 1.82) is 0 Å². The number of sulfonamides is 1. The maximum absolute atomic E-state index is 11.9. The monoisotopic (exact) mass is 286 g/mol. The largest absolute Gasteiger partial charge is 0.492 e. The van der Waals surface area contributed by atoms with Gasteiger partial charge in [0.2, 0.25) is 10.0 Å². The first-order valence-electron chi connectivity index (χ1n) is 6.19. The topological polar surface area (TPSA) is 81.9 Å². The van der Waals surface area contributed by atoms with E-state index in [1.807, 2.05) is 0 Å². The lowest BCUT2D eigenvalue weighted by Crippen LogP contribution is -2.38. The average molecular weight is 286 g/mol. The number of hydrogen-bond acceptors (Lipinski definition) is 5. The lowest BCUT2D eigenvalue weighted by molar-refractivity contribution is -0.108. The third-order valence-corrected chi connectivity index (χ3v) is 4.36. The highest BCUT2D eigenvalue weighted by Gasteiger charge is 2.25. The van der Waals surface area contributed by atoms with Crippen molar-refractivity contribution in [2.24, 2.45) is 0 Å². The van der Waals surface area contributed by atoms with Crippen molar-refractivity contribution in [2.75, 3.05) is 31.2 Å². The molecule has 0 atom stereocenters. The first-order valence-corrected chi connectivity index (χ1v) is 7.80. The van der Waals surface area contributed by atoms with Gasteiger partial charge in [0.05, 0.1) is 6.61 Å². The van der Waals surface area contributed by atoms with Crippen LogP contribution in [0.5, 0.6) is 5.75 Å². The van der Waals surface area contributed by atoms with E-state index < -0.39 is 10.0 Å². The summed E-state index contributed by atoms with van der Waals surface area (Å²) in [6, 6.07) is 6.83. The maximum atomic E-state index is 11.9. The van der Waals surface area contributed by atoms with E-state index in [9.17, 15) is 8.42 Å². The van der Waals surface area contributed by atoms with E-state index in [-0.39, 0.29) is 12.4 Å². The molecule has 19 heavy (non-hydrogen) atoms. The van der Waals surface area contributed by atoms with Crippen LogP contribution >= 0.6 is 0 Å². The van der Waals surface area contributed by atoms with Gasteiger partial charge in [0.25, 0.3) is 0 Å². The van der Waals surface area contributed by atoms with E-state index >= 15 is 0 Å². The molecule has 0 spiro atoms. The summed E-state index contributed by atoms with van der Waals surface area (Å²) in [5.41, 5.74) is 6.19. The van der Waals surface area contributed by atoms with Crippen molar-refractivity contribution < 1.29 is 18.0 Å². The molecule has 0 amide bonds. The molecule has 6 nitrogen and oxygen atoms in total. The van der Waals surface area contributed by atoms with Gasteiger partial charge in [-0.2, -0.15) is 0 Å². The van der Waals surface area contributed by atoms with Crippen molar-refractivity contribution in [3.8, 4) is 5.75 Å². The van der Waals surface area contributed by atoms with E-state index in [0.717, 1.165) is 17.3 Å². The molecular formula is C12H18N2O4S. The van der Waals surface area contributed by atoms with Gasteiger partial charge in [-0.3, -0.25) is 4.84 Å². The Bertz CT molecular complexity index is 495. The number of anilines is 1. The summed E-state index contributed by atoms with van der Waals surface area (Å²) < 4.78 is 30.3. The van der Waals surface area contributed by atoms with Crippen LogP contribution in [0, 0.1) is 0 Å². The van der Waals surface area contributed by atoms with Crippen LogP contribution in [0.25, 0.3) is 0 Å². The Balaban J connectivity index is 1.82. The van der Waals surface area contributed by atoms with Crippen LogP contribution in [0.4, 0.5) is 5.69 Å². The first-order chi connectivity index (χ1) is 9.08. The van der Waals surface area contributed by atoms with Crippen molar-refractivity contribution in [3.63, 3.8) is 0 Å². The van der Waals surface area contributed by atoms with Gasteiger partial charge >= 0.3 is 0 Å². The standard InChI is InChI=1S/C12H18N2O4S/c13-11-3-5-12(6-4-11)17-9-10-19(15,16)14-7-1-2-8-18-14/h3-6H,1-2,7-10,13H2. The Morgan fingerprint density at radius 3 is 2.63 bits per heavy atom. The van der Waals surface area contributed by atoms with Crippen LogP contribution in [-0.4, -0.2) is 38.4 Å². The molecule has 0 bridgehead atoms. The lowest BCUT2D eigenvalue weighted by atomic mass is 10.3. The molecule has 0 aliphatic carbocycles. The minimum atomic E-state index is -3.40. The van der Waals surface area contributed by atoms with Gasteiger partial charge in [0, 0.05) is 12.2 Å². The molecule has 0 saturated carbocycles. The predicted octanol–water partition coefficient (Wildman–Crippen LogP) is 1.00. The number of hydroxylamine groups is 1. The molecule has 1 aromatic carbocycles. The zero-order valence-electron chi connectivity index (χ0n) is 10.6. The van der Waals surface area contributed by atoms with Crippen molar-refractivity contribution in [1.82, 2.24) is 4.47 Å². The zero-order chi connectivity index (χ0) is 13.7. The number of nitrogens with two attached hydrogens (primary N) is 1. The summed E-state index contributed by atoms with van der Waals surface area (Å²) >= 11 is 0. The highest BCUT2D eigenvalue weighted by atomic mass is 32.2. The number of nitrogen functional groups attached to an aromatic ring is 1. The van der Waals surface area contributed by atoms with Gasteiger partial charge in [0.1, 0.15) is 18.1 Å². The number of rotatable bonds is 5. The van der Waals surface area contributed by atoms with Gasteiger partial charge in [0.15, 0.2) is 0 Å². The SMILES string of the molecule is Nc1ccc(OCCS(=O)(=O)N2CCCCO2)cc1. The number of hydrogen-bond donors (Lipinski definition) is 1. The Labute approximate surface area is 113 Å². The summed E-state index contributed by atoms with van der Waals surface area (Å²) in [5, 5.41) is 0. The van der Waals surface area contributed by atoms with E-state index in [2.05, 4.69) is 0 Å². The molecule has 106 valence electrons. The second kappa shape index (κ2) is 6.23. The molecule has 1 aliphatic heterocycles. The van der Waals surface area contributed by atoms with Crippen LogP contribution in [-0.2, 0) is 14.9 Å². The number of benzene rings is 1. The molecule has 7 heteroatoms. The van der Waals surface area contributed by atoms with E-state index in [0.29, 0.717) is 24.6 Å². The number of nitrogens with zero attached hydrogens (tertiary/aromatic N) is 1. The molecule has 2 N–H and O–H groups in total. The zero-order valence-corrected chi connectivity index (χ0v) is 11.4. The smallest absolute Gasteiger partial charge is 0.239 e. The van der Waals surface area contributed by atoms with Crippen LogP contribution in [0.3, 0.4) is 0 Å². The summed E-state index contributed by atoms with van der Waals surface area (Å²) in [6.07, 6.45) is 1.73. The van der Waals surface area contributed by atoms with Gasteiger partial charge in [-0.05, 0) is 37.1 Å². The third kappa shape index (κ3) is 4.09. The van der Waals surface area contributed by atoms with E-state index in [4.69, 9.17) is 15.3 Å². The van der Waals surface area contributed by atoms with Crippen LogP contribution in [0.2, 0.25) is 0 Å². The molecule has 1 saturated heterocycles. The Morgan fingerprint density at radius 1 is 1.26 bits per heavy atom. The Morgan fingerprint density at radius 2 is 2.00 bits per heavy atom. The minimum absolute atomic E-state index is 0.0894. The molecule has 1 aliphatic rings. The van der Waals surface area contributed by atoms with E-state index in [1.165, 1.54) is 0 Å². The second-order valence-electron chi connectivity index (χ2n) is 4.30. The molecule has 0 aromatic heterocycles. The van der Waals surface area contributed by atoms with Crippen LogP contribution in [0.1, 0.15) is 12.8 Å². The van der Waals surface area contributed by atoms with Crippen LogP contribution in [0.15, 0.2) is 24.3 Å². The molecule has 2 rings (SSSR count). The molecule has 1 aromatic rings. The van der Waals surface area contributed by atoms with Crippen molar-refractivity contribution >= 4 is 15.7 Å². The van der Waals surface area contributed by atoms with Gasteiger partial charge in [-0.25, -0.2) is 8.42 Å². The Hall–Kier alpha value is -1.31. The quantitative estimate of drug-likeness (QED) is 0.817. The fraction of sp³-hybridized carbons (Fsp3) is 0.500. The normalized spacial score (nSPS) is 17.3. The van der Waals surface area contributed by atoms with Crippen molar-refractivity contribution in [2.45, 2.75) is 12.8 Å². The lowest BCUT2D eigenvalue weighted by Gasteiger charge is -2.25. The molecule has 1 fully saturated rings. The van der Waals surface area contributed by atoms with Gasteiger partial charge in [-0.1, -0.05) is 4.47 Å². The summed E-state index contributed by atoms with van der Waals surface area (Å²) in [7, 11) is -3.40.